The largest absolute Gasteiger partial charge is 0.504 e. The SMILES string of the molecule is Oc1ccc(CNc2cn[nH]c2)c(O)c1O. The molecule has 0 atom stereocenters. The van der Waals surface area contributed by atoms with Crippen LogP contribution in [-0.4, -0.2) is 25.5 Å². The van der Waals surface area contributed by atoms with Crippen molar-refractivity contribution in [2.75, 3.05) is 5.32 Å². The van der Waals surface area contributed by atoms with E-state index in [2.05, 4.69) is 15.5 Å². The van der Waals surface area contributed by atoms with E-state index in [1.807, 2.05) is 0 Å². The fourth-order valence-electron chi connectivity index (χ4n) is 1.30. The van der Waals surface area contributed by atoms with Gasteiger partial charge in [0.1, 0.15) is 0 Å². The van der Waals surface area contributed by atoms with Gasteiger partial charge in [-0.1, -0.05) is 0 Å². The zero-order chi connectivity index (χ0) is 11.5. The van der Waals surface area contributed by atoms with E-state index in [-0.39, 0.29) is 11.5 Å². The third-order valence-electron chi connectivity index (χ3n) is 2.19. The molecule has 84 valence electrons. The fourth-order valence-corrected chi connectivity index (χ4v) is 1.30. The molecule has 0 saturated carbocycles. The number of aromatic amines is 1. The van der Waals surface area contributed by atoms with Crippen LogP contribution in [0.5, 0.6) is 17.2 Å². The lowest BCUT2D eigenvalue weighted by Gasteiger charge is -2.08. The number of aromatic hydroxyl groups is 3. The maximum absolute atomic E-state index is 9.53. The molecule has 5 N–H and O–H groups in total. The molecule has 0 fully saturated rings. The van der Waals surface area contributed by atoms with Crippen LogP contribution in [0.25, 0.3) is 0 Å². The number of nitrogens with zero attached hydrogens (tertiary/aromatic N) is 1. The van der Waals surface area contributed by atoms with E-state index in [4.69, 9.17) is 5.11 Å². The molecule has 1 aromatic heterocycles. The van der Waals surface area contributed by atoms with Crippen LogP contribution in [0.2, 0.25) is 0 Å². The van der Waals surface area contributed by atoms with Gasteiger partial charge in [-0.2, -0.15) is 5.10 Å². The quantitative estimate of drug-likeness (QED) is 0.500. The van der Waals surface area contributed by atoms with Crippen molar-refractivity contribution < 1.29 is 15.3 Å². The maximum atomic E-state index is 9.53. The fraction of sp³-hybridized carbons (Fsp3) is 0.100. The summed E-state index contributed by atoms with van der Waals surface area (Å²) in [6, 6.07) is 2.85. The first-order chi connectivity index (χ1) is 7.68. The Kier molecular flexibility index (Phi) is 2.55. The van der Waals surface area contributed by atoms with Crippen molar-refractivity contribution in [3.05, 3.63) is 30.1 Å². The summed E-state index contributed by atoms with van der Waals surface area (Å²) in [5.41, 5.74) is 1.25. The lowest BCUT2D eigenvalue weighted by Crippen LogP contribution is -1.98. The van der Waals surface area contributed by atoms with Crippen molar-refractivity contribution in [1.29, 1.82) is 0 Å². The van der Waals surface area contributed by atoms with Gasteiger partial charge in [-0.15, -0.1) is 0 Å². The molecule has 2 rings (SSSR count). The van der Waals surface area contributed by atoms with Crippen molar-refractivity contribution in [2.24, 2.45) is 0 Å². The highest BCUT2D eigenvalue weighted by molar-refractivity contribution is 5.54. The van der Waals surface area contributed by atoms with Gasteiger partial charge in [-0.25, -0.2) is 0 Å². The molecule has 0 unspecified atom stereocenters. The number of H-pyrrole nitrogens is 1. The van der Waals surface area contributed by atoms with Crippen molar-refractivity contribution in [3.63, 3.8) is 0 Å². The van der Waals surface area contributed by atoms with Gasteiger partial charge in [-0.3, -0.25) is 5.10 Å². The predicted molar refractivity (Wildman–Crippen MR) is 57.4 cm³/mol. The minimum Gasteiger partial charge on any atom is -0.504 e. The van der Waals surface area contributed by atoms with Gasteiger partial charge in [-0.05, 0) is 12.1 Å². The molecule has 0 aliphatic rings. The third-order valence-corrected chi connectivity index (χ3v) is 2.19. The number of anilines is 1. The van der Waals surface area contributed by atoms with E-state index in [0.717, 1.165) is 5.69 Å². The highest BCUT2D eigenvalue weighted by atomic mass is 16.3. The number of phenolic OH excluding ortho intramolecular Hbond substituents is 3. The van der Waals surface area contributed by atoms with Crippen LogP contribution >= 0.6 is 0 Å². The van der Waals surface area contributed by atoms with Crippen molar-refractivity contribution in [3.8, 4) is 17.2 Å². The highest BCUT2D eigenvalue weighted by Crippen LogP contribution is 2.37. The lowest BCUT2D eigenvalue weighted by molar-refractivity contribution is 0.365. The Morgan fingerprint density at radius 2 is 2.00 bits per heavy atom. The second-order valence-corrected chi connectivity index (χ2v) is 3.28. The lowest BCUT2D eigenvalue weighted by atomic mass is 10.1. The van der Waals surface area contributed by atoms with Gasteiger partial charge >= 0.3 is 0 Å². The Balaban J connectivity index is 2.13. The standard InChI is InChI=1S/C10H11N3O3/c14-8-2-1-6(9(15)10(8)16)3-11-7-4-12-13-5-7/h1-2,4-5,11,14-16H,3H2,(H,12,13). The molecule has 0 aliphatic carbocycles. The Morgan fingerprint density at radius 1 is 1.19 bits per heavy atom. The topological polar surface area (TPSA) is 101 Å². The molecule has 0 saturated heterocycles. The van der Waals surface area contributed by atoms with Crippen LogP contribution in [-0.2, 0) is 6.54 Å². The van der Waals surface area contributed by atoms with Gasteiger partial charge in [0.25, 0.3) is 0 Å². The average molecular weight is 221 g/mol. The Hall–Kier alpha value is -2.37. The van der Waals surface area contributed by atoms with Crippen LogP contribution in [0.1, 0.15) is 5.56 Å². The second-order valence-electron chi connectivity index (χ2n) is 3.28. The number of benzene rings is 1. The first-order valence-corrected chi connectivity index (χ1v) is 4.64. The van der Waals surface area contributed by atoms with Crippen LogP contribution in [0.4, 0.5) is 5.69 Å². The highest BCUT2D eigenvalue weighted by Gasteiger charge is 2.10. The summed E-state index contributed by atoms with van der Waals surface area (Å²) in [7, 11) is 0. The van der Waals surface area contributed by atoms with Gasteiger partial charge < -0.3 is 20.6 Å². The van der Waals surface area contributed by atoms with Crippen LogP contribution < -0.4 is 5.32 Å². The van der Waals surface area contributed by atoms with E-state index < -0.39 is 5.75 Å². The van der Waals surface area contributed by atoms with Crippen LogP contribution in [0.15, 0.2) is 24.5 Å². The smallest absolute Gasteiger partial charge is 0.200 e. The average Bonchev–Trinajstić information content (AvgIpc) is 2.78. The van der Waals surface area contributed by atoms with Crippen LogP contribution in [0.3, 0.4) is 0 Å². The molecule has 6 nitrogen and oxygen atoms in total. The summed E-state index contributed by atoms with van der Waals surface area (Å²) in [4.78, 5) is 0. The van der Waals surface area contributed by atoms with E-state index in [1.165, 1.54) is 12.1 Å². The minimum absolute atomic E-state index is 0.319. The molecular formula is C10H11N3O3. The Bertz CT molecular complexity index is 482. The maximum Gasteiger partial charge on any atom is 0.200 e. The zero-order valence-corrected chi connectivity index (χ0v) is 8.31. The number of hydrogen-bond donors (Lipinski definition) is 5. The van der Waals surface area contributed by atoms with Gasteiger partial charge in [0.2, 0.25) is 5.75 Å². The third kappa shape index (κ3) is 1.85. The van der Waals surface area contributed by atoms with Crippen molar-refractivity contribution in [1.82, 2.24) is 10.2 Å². The molecule has 0 bridgehead atoms. The van der Waals surface area contributed by atoms with Gasteiger partial charge in [0, 0.05) is 18.3 Å². The number of nitrogens with one attached hydrogen (secondary N) is 2. The molecule has 0 amide bonds. The van der Waals surface area contributed by atoms with Crippen LogP contribution in [0, 0.1) is 0 Å². The summed E-state index contributed by atoms with van der Waals surface area (Å²) in [6.07, 6.45) is 3.26. The Morgan fingerprint density at radius 3 is 2.69 bits per heavy atom. The summed E-state index contributed by atoms with van der Waals surface area (Å²) < 4.78 is 0. The van der Waals surface area contributed by atoms with Gasteiger partial charge in [0.15, 0.2) is 11.5 Å². The predicted octanol–water partition coefficient (Wildman–Crippen LogP) is 1.14. The molecule has 6 heteroatoms. The Labute approximate surface area is 91.2 Å². The number of hydrogen-bond acceptors (Lipinski definition) is 5. The molecular weight excluding hydrogens is 210 g/mol. The monoisotopic (exact) mass is 221 g/mol. The molecule has 2 aromatic rings. The van der Waals surface area contributed by atoms with Gasteiger partial charge in [0.05, 0.1) is 11.9 Å². The normalized spacial score (nSPS) is 10.2. The minimum atomic E-state index is -0.508. The second kappa shape index (κ2) is 4.01. The molecule has 1 heterocycles. The first-order valence-electron chi connectivity index (χ1n) is 4.64. The van der Waals surface area contributed by atoms with Crippen molar-refractivity contribution >= 4 is 5.69 Å². The molecule has 0 radical (unpaired) electrons. The first kappa shape index (κ1) is 10.2. The summed E-state index contributed by atoms with van der Waals surface area (Å²) >= 11 is 0. The van der Waals surface area contributed by atoms with E-state index in [9.17, 15) is 10.2 Å². The molecule has 1 aromatic carbocycles. The van der Waals surface area contributed by atoms with E-state index in [0.29, 0.717) is 12.1 Å². The van der Waals surface area contributed by atoms with Crippen molar-refractivity contribution in [2.45, 2.75) is 6.54 Å². The molecule has 0 spiro atoms. The number of phenols is 3. The van der Waals surface area contributed by atoms with E-state index >= 15 is 0 Å². The molecule has 0 aliphatic heterocycles. The van der Waals surface area contributed by atoms with E-state index in [1.54, 1.807) is 12.4 Å². The molecule has 16 heavy (non-hydrogen) atoms. The number of rotatable bonds is 3. The summed E-state index contributed by atoms with van der Waals surface area (Å²) in [6.45, 7) is 0.319. The summed E-state index contributed by atoms with van der Waals surface area (Å²) in [5.74, 6) is -1.17. The number of aromatic nitrogens is 2. The zero-order valence-electron chi connectivity index (χ0n) is 8.31. The summed E-state index contributed by atoms with van der Waals surface area (Å²) in [5, 5.41) is 37.3.